The highest BCUT2D eigenvalue weighted by Gasteiger charge is 2.14. The fraction of sp³-hybridized carbons (Fsp3) is 0.0500. The quantitative estimate of drug-likeness (QED) is 0.681. The normalized spacial score (nSPS) is 10.9. The Hall–Kier alpha value is -3.34. The molecule has 1 heterocycles. The molecule has 0 unspecified atom stereocenters. The summed E-state index contributed by atoms with van der Waals surface area (Å²) >= 11 is 0. The van der Waals surface area contributed by atoms with Crippen LogP contribution in [0.5, 0.6) is 0 Å². The molecule has 0 saturated heterocycles. The van der Waals surface area contributed by atoms with Crippen molar-refractivity contribution in [1.29, 1.82) is 0 Å². The van der Waals surface area contributed by atoms with E-state index in [1.54, 1.807) is 53.4 Å². The van der Waals surface area contributed by atoms with Gasteiger partial charge in [0.25, 0.3) is 0 Å². The van der Waals surface area contributed by atoms with Crippen LogP contribution in [-0.2, 0) is 10.0 Å². The molecule has 0 amide bonds. The van der Waals surface area contributed by atoms with Gasteiger partial charge >= 0.3 is 5.97 Å². The molecule has 0 atom stereocenters. The van der Waals surface area contributed by atoms with Crippen LogP contribution in [0.15, 0.2) is 71.9 Å². The molecule has 0 saturated carbocycles. The fourth-order valence-electron chi connectivity index (χ4n) is 2.58. The van der Waals surface area contributed by atoms with Crippen molar-refractivity contribution in [3.63, 3.8) is 0 Å². The minimum Gasteiger partial charge on any atom is -0.478 e. The van der Waals surface area contributed by atoms with E-state index < -0.39 is 16.0 Å². The van der Waals surface area contributed by atoms with Gasteiger partial charge in [-0.1, -0.05) is 24.0 Å². The number of nitrogens with one attached hydrogen (secondary N) is 1. The number of benzene rings is 2. The molecule has 0 aliphatic heterocycles. The van der Waals surface area contributed by atoms with Crippen molar-refractivity contribution in [2.24, 2.45) is 0 Å². The number of carboxylic acid groups (broad SMARTS) is 1. The molecule has 2 N–H and O–H groups in total. The lowest BCUT2D eigenvalue weighted by Gasteiger charge is -2.10. The number of carboxylic acids is 1. The van der Waals surface area contributed by atoms with Crippen LogP contribution in [0.4, 0.5) is 0 Å². The zero-order chi connectivity index (χ0) is 19.4. The van der Waals surface area contributed by atoms with Gasteiger partial charge in [-0.25, -0.2) is 17.9 Å². The largest absolute Gasteiger partial charge is 0.478 e. The van der Waals surface area contributed by atoms with Gasteiger partial charge in [0.2, 0.25) is 10.0 Å². The molecule has 0 spiro atoms. The maximum atomic E-state index is 11.9. The van der Waals surface area contributed by atoms with Crippen LogP contribution in [-0.4, -0.2) is 31.1 Å². The Bertz CT molecular complexity index is 1150. The van der Waals surface area contributed by atoms with Crippen LogP contribution in [0.3, 0.4) is 0 Å². The topological polar surface area (TPSA) is 88.4 Å². The highest BCUT2D eigenvalue weighted by Crippen LogP contribution is 2.20. The van der Waals surface area contributed by atoms with Crippen LogP contribution < -0.4 is 4.72 Å². The van der Waals surface area contributed by atoms with Crippen molar-refractivity contribution >= 4 is 16.0 Å². The van der Waals surface area contributed by atoms with Gasteiger partial charge in [0.05, 0.1) is 16.1 Å². The molecule has 0 bridgehead atoms. The number of sulfonamides is 1. The highest BCUT2D eigenvalue weighted by atomic mass is 32.2. The van der Waals surface area contributed by atoms with Gasteiger partial charge in [-0.2, -0.15) is 0 Å². The first-order valence-corrected chi connectivity index (χ1v) is 9.46. The third-order valence-electron chi connectivity index (χ3n) is 3.88. The van der Waals surface area contributed by atoms with Crippen molar-refractivity contribution in [2.45, 2.75) is 4.90 Å². The number of hydrogen-bond donors (Lipinski definition) is 2. The lowest BCUT2D eigenvalue weighted by atomic mass is 10.1. The number of carbonyl (C=O) groups is 1. The second-order valence-electron chi connectivity index (χ2n) is 5.58. The molecular weight excluding hydrogens is 364 g/mol. The van der Waals surface area contributed by atoms with E-state index >= 15 is 0 Å². The number of nitrogens with zero attached hydrogens (tertiary/aromatic N) is 1. The van der Waals surface area contributed by atoms with Crippen LogP contribution in [0, 0.1) is 11.8 Å². The minimum absolute atomic E-state index is 0.113. The van der Waals surface area contributed by atoms with Gasteiger partial charge in [-0.15, -0.1) is 0 Å². The van der Waals surface area contributed by atoms with Crippen molar-refractivity contribution in [3.8, 4) is 17.5 Å². The van der Waals surface area contributed by atoms with E-state index in [9.17, 15) is 18.3 Å². The van der Waals surface area contributed by atoms with Crippen LogP contribution in [0.1, 0.15) is 21.5 Å². The van der Waals surface area contributed by atoms with Crippen molar-refractivity contribution in [3.05, 3.63) is 83.7 Å². The van der Waals surface area contributed by atoms with Crippen LogP contribution in [0.2, 0.25) is 0 Å². The Balaban J connectivity index is 2.10. The summed E-state index contributed by atoms with van der Waals surface area (Å²) in [5.41, 5.74) is 1.62. The summed E-state index contributed by atoms with van der Waals surface area (Å²) in [7, 11) is -2.22. The van der Waals surface area contributed by atoms with Crippen molar-refractivity contribution in [2.75, 3.05) is 7.05 Å². The zero-order valence-corrected chi connectivity index (χ0v) is 15.2. The highest BCUT2D eigenvalue weighted by molar-refractivity contribution is 7.89. The number of rotatable bonds is 4. The summed E-state index contributed by atoms with van der Waals surface area (Å²) in [6.45, 7) is 0. The van der Waals surface area contributed by atoms with E-state index in [1.807, 2.05) is 0 Å². The summed E-state index contributed by atoms with van der Waals surface area (Å²) in [6, 6.07) is 14.7. The molecule has 1 aromatic heterocycles. The Morgan fingerprint density at radius 1 is 1.04 bits per heavy atom. The zero-order valence-electron chi connectivity index (χ0n) is 14.4. The number of hydrogen-bond acceptors (Lipinski definition) is 3. The minimum atomic E-state index is -3.56. The Labute approximate surface area is 157 Å². The summed E-state index contributed by atoms with van der Waals surface area (Å²) in [6.07, 6.45) is 3.49. The van der Waals surface area contributed by atoms with Gasteiger partial charge in [0.1, 0.15) is 0 Å². The number of aromatic nitrogens is 1. The van der Waals surface area contributed by atoms with Gasteiger partial charge in [0.15, 0.2) is 0 Å². The number of para-hydroxylation sites is 1. The van der Waals surface area contributed by atoms with E-state index in [0.29, 0.717) is 16.8 Å². The maximum absolute atomic E-state index is 11.9. The molecule has 0 aliphatic rings. The van der Waals surface area contributed by atoms with E-state index in [0.717, 1.165) is 0 Å². The Morgan fingerprint density at radius 2 is 1.74 bits per heavy atom. The summed E-state index contributed by atoms with van der Waals surface area (Å²) in [5, 5.41) is 9.49. The van der Waals surface area contributed by atoms with Crippen molar-refractivity contribution in [1.82, 2.24) is 9.29 Å². The SMILES string of the molecule is CNS(=O)(=O)c1cccc(C#Cc2cccc(C(=O)O)c2-n2cccc2)c1. The van der Waals surface area contributed by atoms with Gasteiger partial charge in [-0.3, -0.25) is 0 Å². The monoisotopic (exact) mass is 380 g/mol. The second kappa shape index (κ2) is 7.50. The molecule has 7 heteroatoms. The van der Waals surface area contributed by atoms with E-state index in [4.69, 9.17) is 0 Å². The van der Waals surface area contributed by atoms with E-state index in [2.05, 4.69) is 16.6 Å². The van der Waals surface area contributed by atoms with Gasteiger partial charge < -0.3 is 9.67 Å². The fourth-order valence-corrected chi connectivity index (χ4v) is 3.35. The molecule has 3 aromatic rings. The molecule has 3 rings (SSSR count). The van der Waals surface area contributed by atoms with Gasteiger partial charge in [0, 0.05) is 23.5 Å². The summed E-state index contributed by atoms with van der Waals surface area (Å²) < 4.78 is 27.8. The smallest absolute Gasteiger partial charge is 0.337 e. The third kappa shape index (κ3) is 3.92. The van der Waals surface area contributed by atoms with Gasteiger partial charge in [-0.05, 0) is 49.5 Å². The summed E-state index contributed by atoms with van der Waals surface area (Å²) in [4.78, 5) is 11.7. The first-order chi connectivity index (χ1) is 12.9. The Morgan fingerprint density at radius 3 is 2.41 bits per heavy atom. The van der Waals surface area contributed by atoms with Crippen LogP contribution >= 0.6 is 0 Å². The van der Waals surface area contributed by atoms with E-state index in [1.165, 1.54) is 25.2 Å². The first-order valence-electron chi connectivity index (χ1n) is 7.97. The molecule has 6 nitrogen and oxygen atoms in total. The average Bonchev–Trinajstić information content (AvgIpc) is 3.20. The molecule has 0 radical (unpaired) electrons. The first kappa shape index (κ1) is 18.5. The molecule has 0 aliphatic carbocycles. The maximum Gasteiger partial charge on any atom is 0.337 e. The van der Waals surface area contributed by atoms with Crippen molar-refractivity contribution < 1.29 is 18.3 Å². The Kier molecular flexibility index (Phi) is 5.12. The molecule has 0 fully saturated rings. The predicted octanol–water partition coefficient (Wildman–Crippen LogP) is 2.48. The van der Waals surface area contributed by atoms with Crippen LogP contribution in [0.25, 0.3) is 5.69 Å². The number of aromatic carboxylic acids is 1. The standard InChI is InChI=1S/C20H16N2O4S/c1-21-27(25,26)17-8-4-6-15(14-17)10-11-16-7-5-9-18(20(23)24)19(16)22-12-2-3-13-22/h2-9,12-14,21H,1H3,(H,23,24). The molecule has 2 aromatic carbocycles. The average molecular weight is 380 g/mol. The lowest BCUT2D eigenvalue weighted by molar-refractivity contribution is 0.0697. The lowest BCUT2D eigenvalue weighted by Crippen LogP contribution is -2.18. The van der Waals surface area contributed by atoms with E-state index in [-0.39, 0.29) is 10.5 Å². The molecular formula is C20H16N2O4S. The summed E-state index contributed by atoms with van der Waals surface area (Å²) in [5.74, 6) is 4.83. The predicted molar refractivity (Wildman–Crippen MR) is 101 cm³/mol. The second-order valence-corrected chi connectivity index (χ2v) is 7.47. The molecule has 136 valence electrons. The molecule has 27 heavy (non-hydrogen) atoms. The third-order valence-corrected chi connectivity index (χ3v) is 5.30.